The van der Waals surface area contributed by atoms with Crippen LogP contribution in [0.5, 0.6) is 0 Å². The molecule has 2 rings (SSSR count). The Bertz CT molecular complexity index is 583. The van der Waals surface area contributed by atoms with Crippen molar-refractivity contribution in [2.24, 2.45) is 0 Å². The quantitative estimate of drug-likeness (QED) is 0.929. The number of benzene rings is 1. The first-order valence-electron chi connectivity index (χ1n) is 5.20. The fourth-order valence-corrected chi connectivity index (χ4v) is 2.16. The lowest BCUT2D eigenvalue weighted by Crippen LogP contribution is -2.23. The van der Waals surface area contributed by atoms with Gasteiger partial charge in [0.25, 0.3) is 5.91 Å². The summed E-state index contributed by atoms with van der Waals surface area (Å²) in [7, 11) is 0. The van der Waals surface area contributed by atoms with Crippen molar-refractivity contribution in [3.8, 4) is 0 Å². The maximum atomic E-state index is 13.3. The van der Waals surface area contributed by atoms with Crippen LogP contribution in [0.25, 0.3) is 0 Å². The summed E-state index contributed by atoms with van der Waals surface area (Å²) in [4.78, 5) is 16.2. The molecule has 0 aliphatic heterocycles. The maximum absolute atomic E-state index is 13.3. The monoisotopic (exact) mass is 268 g/mol. The zero-order valence-electron chi connectivity index (χ0n) is 9.54. The van der Waals surface area contributed by atoms with Crippen molar-refractivity contribution in [1.29, 1.82) is 0 Å². The highest BCUT2D eigenvalue weighted by atomic mass is 32.1. The predicted molar refractivity (Wildman–Crippen MR) is 64.4 cm³/mol. The van der Waals surface area contributed by atoms with E-state index in [0.29, 0.717) is 10.6 Å². The van der Waals surface area contributed by atoms with Gasteiger partial charge in [-0.2, -0.15) is 0 Å². The Labute approximate surface area is 106 Å². The second-order valence-corrected chi connectivity index (χ2v) is 4.54. The Kier molecular flexibility index (Phi) is 3.66. The lowest BCUT2D eigenvalue weighted by atomic mass is 10.2. The Hall–Kier alpha value is -1.82. The van der Waals surface area contributed by atoms with E-state index in [0.717, 1.165) is 12.1 Å². The average molecular weight is 268 g/mol. The molecule has 1 N–H and O–H groups in total. The first kappa shape index (κ1) is 12.6. The second kappa shape index (κ2) is 5.22. The molecule has 0 radical (unpaired) electrons. The molecule has 18 heavy (non-hydrogen) atoms. The molecule has 0 aliphatic carbocycles. The van der Waals surface area contributed by atoms with Crippen molar-refractivity contribution in [2.45, 2.75) is 13.5 Å². The molecule has 3 nitrogen and oxygen atoms in total. The fraction of sp³-hybridized carbons (Fsp3) is 0.167. The van der Waals surface area contributed by atoms with E-state index in [1.807, 2.05) is 0 Å². The summed E-state index contributed by atoms with van der Waals surface area (Å²) < 4.78 is 26.0. The SMILES string of the molecule is Cc1ncsc1C(=O)NCc1ccc(F)cc1F. The van der Waals surface area contributed by atoms with Crippen molar-refractivity contribution in [2.75, 3.05) is 0 Å². The number of carbonyl (C=O) groups is 1. The van der Waals surface area contributed by atoms with Gasteiger partial charge in [-0.05, 0) is 13.0 Å². The van der Waals surface area contributed by atoms with Crippen LogP contribution in [0.4, 0.5) is 8.78 Å². The van der Waals surface area contributed by atoms with Crippen molar-refractivity contribution >= 4 is 17.2 Å². The summed E-state index contributed by atoms with van der Waals surface area (Å²) >= 11 is 1.22. The molecule has 6 heteroatoms. The topological polar surface area (TPSA) is 42.0 Å². The lowest BCUT2D eigenvalue weighted by molar-refractivity contribution is 0.0954. The molecule has 1 aromatic carbocycles. The summed E-state index contributed by atoms with van der Waals surface area (Å²) in [6, 6.07) is 3.26. The smallest absolute Gasteiger partial charge is 0.263 e. The molecular formula is C12H10F2N2OS. The minimum atomic E-state index is -0.670. The zero-order chi connectivity index (χ0) is 13.1. The van der Waals surface area contributed by atoms with Crippen LogP contribution in [0.15, 0.2) is 23.7 Å². The molecule has 94 valence electrons. The first-order chi connectivity index (χ1) is 8.58. The van der Waals surface area contributed by atoms with Gasteiger partial charge in [0.15, 0.2) is 0 Å². The third-order valence-corrected chi connectivity index (χ3v) is 3.33. The largest absolute Gasteiger partial charge is 0.347 e. The minimum Gasteiger partial charge on any atom is -0.347 e. The number of aryl methyl sites for hydroxylation is 1. The van der Waals surface area contributed by atoms with Crippen LogP contribution in [-0.2, 0) is 6.54 Å². The highest BCUT2D eigenvalue weighted by molar-refractivity contribution is 7.11. The van der Waals surface area contributed by atoms with Gasteiger partial charge in [0, 0.05) is 18.2 Å². The summed E-state index contributed by atoms with van der Waals surface area (Å²) in [5.41, 5.74) is 2.45. The van der Waals surface area contributed by atoms with E-state index in [9.17, 15) is 13.6 Å². The Balaban J connectivity index is 2.04. The number of hydrogen-bond donors (Lipinski definition) is 1. The van der Waals surface area contributed by atoms with Gasteiger partial charge in [0.1, 0.15) is 16.5 Å². The average Bonchev–Trinajstić information content (AvgIpc) is 2.74. The Morgan fingerprint density at radius 3 is 2.83 bits per heavy atom. The molecule has 0 atom stereocenters. The van der Waals surface area contributed by atoms with E-state index in [2.05, 4.69) is 10.3 Å². The number of carbonyl (C=O) groups excluding carboxylic acids is 1. The number of thiazole rings is 1. The number of rotatable bonds is 3. The van der Waals surface area contributed by atoms with Crippen LogP contribution >= 0.6 is 11.3 Å². The summed E-state index contributed by atoms with van der Waals surface area (Å²) in [6.07, 6.45) is 0. The number of hydrogen-bond acceptors (Lipinski definition) is 3. The molecule has 1 amide bonds. The van der Waals surface area contributed by atoms with Gasteiger partial charge in [0.2, 0.25) is 0 Å². The van der Waals surface area contributed by atoms with Crippen molar-refractivity contribution < 1.29 is 13.6 Å². The molecule has 1 aromatic heterocycles. The van der Waals surface area contributed by atoms with Crippen LogP contribution in [0.3, 0.4) is 0 Å². The van der Waals surface area contributed by atoms with Crippen LogP contribution in [0.2, 0.25) is 0 Å². The molecular weight excluding hydrogens is 258 g/mol. The third-order valence-electron chi connectivity index (χ3n) is 2.41. The number of aromatic nitrogens is 1. The number of nitrogens with zero attached hydrogens (tertiary/aromatic N) is 1. The van der Waals surface area contributed by atoms with E-state index in [1.165, 1.54) is 17.4 Å². The zero-order valence-corrected chi connectivity index (χ0v) is 10.4. The fourth-order valence-electron chi connectivity index (χ4n) is 1.44. The molecule has 0 fully saturated rings. The summed E-state index contributed by atoms with van der Waals surface area (Å²) in [5, 5.41) is 2.57. The number of nitrogens with one attached hydrogen (secondary N) is 1. The van der Waals surface area contributed by atoms with Crippen LogP contribution < -0.4 is 5.32 Å². The van der Waals surface area contributed by atoms with Crippen LogP contribution in [0.1, 0.15) is 20.9 Å². The van der Waals surface area contributed by atoms with Gasteiger partial charge in [0.05, 0.1) is 11.2 Å². The molecule has 0 spiro atoms. The van der Waals surface area contributed by atoms with E-state index in [-0.39, 0.29) is 18.0 Å². The van der Waals surface area contributed by atoms with Gasteiger partial charge in [-0.15, -0.1) is 11.3 Å². The van der Waals surface area contributed by atoms with E-state index in [4.69, 9.17) is 0 Å². The number of amides is 1. The van der Waals surface area contributed by atoms with Gasteiger partial charge in [-0.25, -0.2) is 13.8 Å². The standard InChI is InChI=1S/C12H10F2N2OS/c1-7-11(18-6-16-7)12(17)15-5-8-2-3-9(13)4-10(8)14/h2-4,6H,5H2,1H3,(H,15,17). The lowest BCUT2D eigenvalue weighted by Gasteiger charge is -2.05. The molecule has 0 saturated carbocycles. The highest BCUT2D eigenvalue weighted by Crippen LogP contribution is 2.13. The summed E-state index contributed by atoms with van der Waals surface area (Å²) in [5.74, 6) is -1.61. The Morgan fingerprint density at radius 1 is 1.44 bits per heavy atom. The van der Waals surface area contributed by atoms with E-state index < -0.39 is 11.6 Å². The molecule has 0 saturated heterocycles. The van der Waals surface area contributed by atoms with Gasteiger partial charge in [-0.1, -0.05) is 6.07 Å². The normalized spacial score (nSPS) is 10.4. The Morgan fingerprint density at radius 2 is 2.22 bits per heavy atom. The first-order valence-corrected chi connectivity index (χ1v) is 6.08. The van der Waals surface area contributed by atoms with Crippen molar-refractivity contribution in [3.63, 3.8) is 0 Å². The second-order valence-electron chi connectivity index (χ2n) is 3.69. The third kappa shape index (κ3) is 2.70. The van der Waals surface area contributed by atoms with Crippen molar-refractivity contribution in [3.05, 3.63) is 51.5 Å². The predicted octanol–water partition coefficient (Wildman–Crippen LogP) is 2.66. The molecule has 2 aromatic rings. The van der Waals surface area contributed by atoms with Gasteiger partial charge < -0.3 is 5.32 Å². The molecule has 0 bridgehead atoms. The number of halogens is 2. The van der Waals surface area contributed by atoms with Crippen LogP contribution in [-0.4, -0.2) is 10.9 Å². The highest BCUT2D eigenvalue weighted by Gasteiger charge is 2.12. The van der Waals surface area contributed by atoms with E-state index >= 15 is 0 Å². The molecule has 0 unspecified atom stereocenters. The molecule has 0 aliphatic rings. The van der Waals surface area contributed by atoms with E-state index in [1.54, 1.807) is 12.4 Å². The molecule has 1 heterocycles. The van der Waals surface area contributed by atoms with Crippen molar-refractivity contribution in [1.82, 2.24) is 10.3 Å². The van der Waals surface area contributed by atoms with Crippen LogP contribution in [0, 0.1) is 18.6 Å². The maximum Gasteiger partial charge on any atom is 0.263 e. The minimum absolute atomic E-state index is 0.0162. The van der Waals surface area contributed by atoms with Gasteiger partial charge in [-0.3, -0.25) is 4.79 Å². The summed E-state index contributed by atoms with van der Waals surface area (Å²) in [6.45, 7) is 1.74. The van der Waals surface area contributed by atoms with Gasteiger partial charge >= 0.3 is 0 Å².